The summed E-state index contributed by atoms with van der Waals surface area (Å²) in [4.78, 5) is 30.5. The number of nitrogens with one attached hydrogen (secondary N) is 1. The molecule has 4 nitrogen and oxygen atoms in total. The second kappa shape index (κ2) is 10.4. The van der Waals surface area contributed by atoms with Crippen molar-refractivity contribution >= 4 is 46.1 Å². The molecule has 2 heterocycles. The number of benzene rings is 1. The Balaban J connectivity index is 1.72. The predicted molar refractivity (Wildman–Crippen MR) is 128 cm³/mol. The van der Waals surface area contributed by atoms with Crippen LogP contribution in [0, 0.1) is 0 Å². The van der Waals surface area contributed by atoms with Gasteiger partial charge >= 0.3 is 0 Å². The summed E-state index contributed by atoms with van der Waals surface area (Å²) >= 11 is 9.51. The van der Waals surface area contributed by atoms with E-state index in [-0.39, 0.29) is 17.9 Å². The van der Waals surface area contributed by atoms with Gasteiger partial charge in [-0.2, -0.15) is 0 Å². The van der Waals surface area contributed by atoms with Gasteiger partial charge in [-0.25, -0.2) is 0 Å². The normalized spacial score (nSPS) is 15.4. The van der Waals surface area contributed by atoms with Gasteiger partial charge in [0.15, 0.2) is 0 Å². The van der Waals surface area contributed by atoms with E-state index in [0.717, 1.165) is 30.6 Å². The van der Waals surface area contributed by atoms with Crippen LogP contribution in [0.3, 0.4) is 0 Å². The molecule has 0 saturated heterocycles. The second-order valence-electron chi connectivity index (χ2n) is 7.76. The average molecular weight is 473 g/mol. The van der Waals surface area contributed by atoms with Crippen LogP contribution in [-0.4, -0.2) is 22.8 Å². The first-order valence-electron chi connectivity index (χ1n) is 10.5. The lowest BCUT2D eigenvalue weighted by Gasteiger charge is -2.33. The fraction of sp³-hybridized carbons (Fsp3) is 0.333. The van der Waals surface area contributed by atoms with E-state index in [1.54, 1.807) is 28.4 Å². The molecular formula is C24H25ClN2O2S2. The van der Waals surface area contributed by atoms with Crippen molar-refractivity contribution < 1.29 is 9.59 Å². The average Bonchev–Trinajstić information content (AvgIpc) is 3.49. The largest absolute Gasteiger partial charge is 0.351 e. The standard InChI is InChI=1S/C24H25ClN2O2S2/c25-20-12-5-4-11-19(20)22(23(28)26-17-8-2-1-3-9-17)27(16-18-10-6-14-30-18)24(29)21-13-7-15-31-21/h4-7,10-15,17,22H,1-3,8-9,16H2,(H,26,28). The highest BCUT2D eigenvalue weighted by atomic mass is 35.5. The summed E-state index contributed by atoms with van der Waals surface area (Å²) in [5, 5.41) is 7.57. The van der Waals surface area contributed by atoms with Crippen molar-refractivity contribution in [3.63, 3.8) is 0 Å². The van der Waals surface area contributed by atoms with E-state index in [4.69, 9.17) is 11.6 Å². The Labute approximate surface area is 195 Å². The summed E-state index contributed by atoms with van der Waals surface area (Å²) in [5.41, 5.74) is 0.652. The molecule has 7 heteroatoms. The van der Waals surface area contributed by atoms with Gasteiger partial charge in [-0.3, -0.25) is 9.59 Å². The molecule has 2 aromatic heterocycles. The van der Waals surface area contributed by atoms with Crippen LogP contribution in [0.1, 0.15) is 58.3 Å². The molecule has 0 spiro atoms. The molecule has 0 bridgehead atoms. The van der Waals surface area contributed by atoms with E-state index in [1.165, 1.54) is 17.8 Å². The molecule has 0 aliphatic heterocycles. The summed E-state index contributed by atoms with van der Waals surface area (Å²) in [6.07, 6.45) is 5.40. The van der Waals surface area contributed by atoms with Gasteiger partial charge in [0.2, 0.25) is 5.91 Å². The van der Waals surface area contributed by atoms with Crippen LogP contribution in [0.15, 0.2) is 59.3 Å². The highest BCUT2D eigenvalue weighted by Gasteiger charge is 2.35. The lowest BCUT2D eigenvalue weighted by molar-refractivity contribution is -0.127. The van der Waals surface area contributed by atoms with Gasteiger partial charge < -0.3 is 10.2 Å². The van der Waals surface area contributed by atoms with Gasteiger partial charge in [0.1, 0.15) is 6.04 Å². The topological polar surface area (TPSA) is 49.4 Å². The van der Waals surface area contributed by atoms with Gasteiger partial charge in [0, 0.05) is 21.5 Å². The maximum atomic E-state index is 13.7. The van der Waals surface area contributed by atoms with Crippen LogP contribution in [0.4, 0.5) is 0 Å². The molecule has 4 rings (SSSR count). The third-order valence-corrected chi connectivity index (χ3v) is 7.67. The molecule has 1 N–H and O–H groups in total. The van der Waals surface area contributed by atoms with Crippen molar-refractivity contribution in [2.45, 2.75) is 50.7 Å². The van der Waals surface area contributed by atoms with E-state index >= 15 is 0 Å². The van der Waals surface area contributed by atoms with Crippen molar-refractivity contribution in [3.8, 4) is 0 Å². The molecule has 1 unspecified atom stereocenters. The van der Waals surface area contributed by atoms with E-state index in [2.05, 4.69) is 5.32 Å². The van der Waals surface area contributed by atoms with Gasteiger partial charge in [-0.1, -0.05) is 61.2 Å². The molecular weight excluding hydrogens is 448 g/mol. The van der Waals surface area contributed by atoms with Crippen molar-refractivity contribution in [3.05, 3.63) is 79.6 Å². The van der Waals surface area contributed by atoms with Gasteiger partial charge in [-0.05, 0) is 41.8 Å². The smallest absolute Gasteiger partial charge is 0.265 e. The molecule has 1 fully saturated rings. The molecule has 3 aromatic rings. The fourth-order valence-corrected chi connectivity index (χ4v) is 5.69. The first-order chi connectivity index (χ1) is 15.1. The summed E-state index contributed by atoms with van der Waals surface area (Å²) in [5.74, 6) is -0.325. The molecule has 1 atom stereocenters. The second-order valence-corrected chi connectivity index (χ2v) is 10.1. The van der Waals surface area contributed by atoms with Crippen LogP contribution >= 0.6 is 34.3 Å². The number of carbonyl (C=O) groups is 2. The van der Waals surface area contributed by atoms with Gasteiger partial charge in [0.25, 0.3) is 5.91 Å². The number of hydrogen-bond acceptors (Lipinski definition) is 4. The first-order valence-corrected chi connectivity index (χ1v) is 12.7. The summed E-state index contributed by atoms with van der Waals surface area (Å²) < 4.78 is 0. The number of nitrogens with zero attached hydrogens (tertiary/aromatic N) is 1. The molecule has 2 amide bonds. The summed E-state index contributed by atoms with van der Waals surface area (Å²) in [7, 11) is 0. The zero-order valence-electron chi connectivity index (χ0n) is 17.1. The molecule has 1 aliphatic carbocycles. The van der Waals surface area contributed by atoms with Crippen LogP contribution in [0.5, 0.6) is 0 Å². The van der Waals surface area contributed by atoms with Gasteiger partial charge in [0.05, 0.1) is 11.4 Å². The number of thiophene rings is 2. The maximum Gasteiger partial charge on any atom is 0.265 e. The quantitative estimate of drug-likeness (QED) is 0.439. The van der Waals surface area contributed by atoms with Crippen molar-refractivity contribution in [1.29, 1.82) is 0 Å². The summed E-state index contributed by atoms with van der Waals surface area (Å²) in [6, 6.07) is 14.3. The number of amides is 2. The summed E-state index contributed by atoms with van der Waals surface area (Å²) in [6.45, 7) is 0.350. The fourth-order valence-electron chi connectivity index (χ4n) is 4.07. The van der Waals surface area contributed by atoms with Gasteiger partial charge in [-0.15, -0.1) is 22.7 Å². The van der Waals surface area contributed by atoms with E-state index in [1.807, 2.05) is 47.2 Å². The molecule has 31 heavy (non-hydrogen) atoms. The maximum absolute atomic E-state index is 13.7. The van der Waals surface area contributed by atoms with Crippen LogP contribution in [-0.2, 0) is 11.3 Å². The molecule has 1 aliphatic rings. The Kier molecular flexibility index (Phi) is 7.43. The first kappa shape index (κ1) is 22.1. The highest BCUT2D eigenvalue weighted by Crippen LogP contribution is 2.32. The lowest BCUT2D eigenvalue weighted by atomic mass is 9.94. The lowest BCUT2D eigenvalue weighted by Crippen LogP contribution is -2.46. The number of halogens is 1. The SMILES string of the molecule is O=C(NC1CCCCC1)C(c1ccccc1Cl)N(Cc1cccs1)C(=O)c1cccs1. The van der Waals surface area contributed by atoms with Crippen molar-refractivity contribution in [2.75, 3.05) is 0 Å². The zero-order chi connectivity index (χ0) is 21.6. The van der Waals surface area contributed by atoms with E-state index in [9.17, 15) is 9.59 Å². The molecule has 1 aromatic carbocycles. The van der Waals surface area contributed by atoms with Crippen LogP contribution in [0.25, 0.3) is 0 Å². The van der Waals surface area contributed by atoms with Crippen LogP contribution in [0.2, 0.25) is 5.02 Å². The Hall–Kier alpha value is -2.15. The minimum atomic E-state index is -0.799. The van der Waals surface area contributed by atoms with Crippen molar-refractivity contribution in [1.82, 2.24) is 10.2 Å². The third kappa shape index (κ3) is 5.37. The molecule has 1 saturated carbocycles. The number of rotatable bonds is 7. The Morgan fingerprint density at radius 1 is 1.00 bits per heavy atom. The Morgan fingerprint density at radius 2 is 1.74 bits per heavy atom. The van der Waals surface area contributed by atoms with E-state index < -0.39 is 6.04 Å². The third-order valence-electron chi connectivity index (χ3n) is 5.61. The minimum Gasteiger partial charge on any atom is -0.351 e. The Bertz CT molecular complexity index is 999. The zero-order valence-corrected chi connectivity index (χ0v) is 19.5. The highest BCUT2D eigenvalue weighted by molar-refractivity contribution is 7.12. The Morgan fingerprint density at radius 3 is 2.42 bits per heavy atom. The number of hydrogen-bond donors (Lipinski definition) is 1. The predicted octanol–water partition coefficient (Wildman–Crippen LogP) is 6.30. The monoisotopic (exact) mass is 472 g/mol. The number of carbonyl (C=O) groups excluding carboxylic acids is 2. The van der Waals surface area contributed by atoms with E-state index in [0.29, 0.717) is 22.0 Å². The minimum absolute atomic E-state index is 0.145. The van der Waals surface area contributed by atoms with Crippen molar-refractivity contribution in [2.24, 2.45) is 0 Å². The molecule has 162 valence electrons. The molecule has 0 radical (unpaired) electrons. The van der Waals surface area contributed by atoms with Crippen LogP contribution < -0.4 is 5.32 Å².